The van der Waals surface area contributed by atoms with Crippen LogP contribution in [0.4, 0.5) is 5.69 Å². The first kappa shape index (κ1) is 22.7. The standard InChI is InChI=1S/C24H22N4O6/c29-23(4-2-12-27-21-10-7-19(28(31)32)13-22(21)34-24(27)30)26-15-17-5-8-20(9-6-17)33-16-18-3-1-11-25-14-18/h1,3,5-11,13-14H,2,4,12,15-16H2,(H,26,29). The molecule has 0 atom stereocenters. The number of fused-ring (bicyclic) bond motifs is 1. The number of nitro groups is 1. The van der Waals surface area contributed by atoms with Gasteiger partial charge in [-0.05, 0) is 36.2 Å². The van der Waals surface area contributed by atoms with E-state index in [1.54, 1.807) is 12.4 Å². The van der Waals surface area contributed by atoms with Crippen molar-refractivity contribution in [3.05, 3.63) is 98.8 Å². The van der Waals surface area contributed by atoms with Crippen molar-refractivity contribution >= 4 is 22.7 Å². The molecule has 0 aliphatic carbocycles. The van der Waals surface area contributed by atoms with E-state index in [1.165, 1.54) is 22.8 Å². The summed E-state index contributed by atoms with van der Waals surface area (Å²) in [6, 6.07) is 15.3. The van der Waals surface area contributed by atoms with Crippen molar-refractivity contribution in [1.29, 1.82) is 0 Å². The molecule has 4 aromatic rings. The zero-order valence-electron chi connectivity index (χ0n) is 18.2. The molecule has 0 saturated carbocycles. The van der Waals surface area contributed by atoms with Crippen LogP contribution in [-0.2, 0) is 24.5 Å². The average Bonchev–Trinajstić information content (AvgIpc) is 3.17. The molecule has 0 bridgehead atoms. The molecular formula is C24H22N4O6. The van der Waals surface area contributed by atoms with E-state index in [2.05, 4.69) is 10.3 Å². The SMILES string of the molecule is O=C(CCCn1c(=O)oc2cc([N+](=O)[O-])ccc21)NCc1ccc(OCc2cccnc2)cc1. The van der Waals surface area contributed by atoms with Crippen LogP contribution in [-0.4, -0.2) is 20.4 Å². The molecule has 10 heteroatoms. The lowest BCUT2D eigenvalue weighted by Crippen LogP contribution is -2.23. The molecule has 0 aliphatic heterocycles. The Hall–Kier alpha value is -4.47. The highest BCUT2D eigenvalue weighted by molar-refractivity contribution is 5.76. The lowest BCUT2D eigenvalue weighted by atomic mass is 10.2. The Morgan fingerprint density at radius 2 is 1.97 bits per heavy atom. The lowest BCUT2D eigenvalue weighted by Gasteiger charge is -2.08. The summed E-state index contributed by atoms with van der Waals surface area (Å²) >= 11 is 0. The minimum atomic E-state index is -0.609. The highest BCUT2D eigenvalue weighted by Crippen LogP contribution is 2.20. The molecule has 174 valence electrons. The van der Waals surface area contributed by atoms with Crippen molar-refractivity contribution in [2.24, 2.45) is 0 Å². The Balaban J connectivity index is 1.23. The summed E-state index contributed by atoms with van der Waals surface area (Å²) in [7, 11) is 0. The van der Waals surface area contributed by atoms with Gasteiger partial charge in [-0.1, -0.05) is 18.2 Å². The highest BCUT2D eigenvalue weighted by Gasteiger charge is 2.14. The first-order chi connectivity index (χ1) is 16.5. The number of nitrogens with one attached hydrogen (secondary N) is 1. The van der Waals surface area contributed by atoms with Crippen molar-refractivity contribution < 1.29 is 18.9 Å². The molecule has 0 radical (unpaired) electrons. The Kier molecular flexibility index (Phi) is 6.97. The molecule has 2 aromatic carbocycles. The van der Waals surface area contributed by atoms with E-state index in [0.717, 1.165) is 16.9 Å². The van der Waals surface area contributed by atoms with Crippen LogP contribution < -0.4 is 15.8 Å². The van der Waals surface area contributed by atoms with Crippen LogP contribution in [0.3, 0.4) is 0 Å². The number of hydrogen-bond acceptors (Lipinski definition) is 7. The Morgan fingerprint density at radius 3 is 2.71 bits per heavy atom. The summed E-state index contributed by atoms with van der Waals surface area (Å²) in [5, 5.41) is 13.7. The van der Waals surface area contributed by atoms with Crippen LogP contribution >= 0.6 is 0 Å². The number of amides is 1. The monoisotopic (exact) mass is 462 g/mol. The second-order valence-electron chi connectivity index (χ2n) is 7.60. The molecule has 1 amide bonds. The van der Waals surface area contributed by atoms with Gasteiger partial charge in [-0.15, -0.1) is 0 Å². The molecule has 0 aliphatic rings. The largest absolute Gasteiger partial charge is 0.489 e. The number of carbonyl (C=O) groups excluding carboxylic acids is 1. The second-order valence-corrected chi connectivity index (χ2v) is 7.60. The first-order valence-electron chi connectivity index (χ1n) is 10.6. The van der Waals surface area contributed by atoms with Crippen LogP contribution in [0.25, 0.3) is 11.1 Å². The maximum Gasteiger partial charge on any atom is 0.419 e. The van der Waals surface area contributed by atoms with Gasteiger partial charge in [0.2, 0.25) is 5.91 Å². The first-order valence-corrected chi connectivity index (χ1v) is 10.6. The van der Waals surface area contributed by atoms with Crippen LogP contribution in [0.1, 0.15) is 24.0 Å². The molecule has 34 heavy (non-hydrogen) atoms. The fourth-order valence-corrected chi connectivity index (χ4v) is 3.42. The maximum absolute atomic E-state index is 12.2. The quantitative estimate of drug-likeness (QED) is 0.282. The predicted octanol–water partition coefficient (Wildman–Crippen LogP) is 3.57. The third-order valence-electron chi connectivity index (χ3n) is 5.19. The van der Waals surface area contributed by atoms with E-state index in [1.807, 2.05) is 36.4 Å². The molecular weight excluding hydrogens is 440 g/mol. The fraction of sp³-hybridized carbons (Fsp3) is 0.208. The zero-order valence-corrected chi connectivity index (χ0v) is 18.2. The van der Waals surface area contributed by atoms with Gasteiger partial charge in [0.1, 0.15) is 12.4 Å². The molecule has 2 heterocycles. The smallest absolute Gasteiger partial charge is 0.419 e. The molecule has 0 spiro atoms. The van der Waals surface area contributed by atoms with Crippen molar-refractivity contribution in [3.63, 3.8) is 0 Å². The van der Waals surface area contributed by atoms with Gasteiger partial charge in [0, 0.05) is 43.5 Å². The van der Waals surface area contributed by atoms with Crippen molar-refractivity contribution in [1.82, 2.24) is 14.9 Å². The number of benzene rings is 2. The van der Waals surface area contributed by atoms with Gasteiger partial charge < -0.3 is 14.5 Å². The Bertz CT molecular complexity index is 1350. The zero-order chi connectivity index (χ0) is 23.9. The molecule has 0 saturated heterocycles. The van der Waals surface area contributed by atoms with Crippen LogP contribution in [0, 0.1) is 10.1 Å². The summed E-state index contributed by atoms with van der Waals surface area (Å²) in [5.41, 5.74) is 2.37. The predicted molar refractivity (Wildman–Crippen MR) is 123 cm³/mol. The average molecular weight is 462 g/mol. The molecule has 1 N–H and O–H groups in total. The molecule has 10 nitrogen and oxygen atoms in total. The van der Waals surface area contributed by atoms with E-state index in [4.69, 9.17) is 9.15 Å². The summed E-state index contributed by atoms with van der Waals surface area (Å²) in [6.45, 7) is 1.07. The number of ether oxygens (including phenoxy) is 1. The molecule has 0 unspecified atom stereocenters. The Labute approximate surface area is 193 Å². The maximum atomic E-state index is 12.2. The lowest BCUT2D eigenvalue weighted by molar-refractivity contribution is -0.384. The van der Waals surface area contributed by atoms with Crippen molar-refractivity contribution in [2.45, 2.75) is 32.5 Å². The second kappa shape index (κ2) is 10.4. The third kappa shape index (κ3) is 5.66. The number of aromatic nitrogens is 2. The minimum absolute atomic E-state index is 0.145. The number of pyridine rings is 1. The van der Waals surface area contributed by atoms with Crippen LogP contribution in [0.15, 0.2) is 76.2 Å². The van der Waals surface area contributed by atoms with Gasteiger partial charge in [0.15, 0.2) is 5.58 Å². The van der Waals surface area contributed by atoms with E-state index in [9.17, 15) is 19.7 Å². The fourth-order valence-electron chi connectivity index (χ4n) is 3.42. The number of carbonyl (C=O) groups is 1. The number of hydrogen-bond donors (Lipinski definition) is 1. The highest BCUT2D eigenvalue weighted by atomic mass is 16.6. The normalized spacial score (nSPS) is 10.8. The molecule has 0 fully saturated rings. The molecule has 2 aromatic heterocycles. The molecule has 4 rings (SSSR count). The van der Waals surface area contributed by atoms with Crippen molar-refractivity contribution in [3.8, 4) is 5.75 Å². The topological polar surface area (TPSA) is 130 Å². The van der Waals surface area contributed by atoms with Gasteiger partial charge in [0.25, 0.3) is 5.69 Å². The van der Waals surface area contributed by atoms with Gasteiger partial charge in [-0.25, -0.2) is 4.79 Å². The minimum Gasteiger partial charge on any atom is -0.489 e. The van der Waals surface area contributed by atoms with E-state index in [0.29, 0.717) is 25.1 Å². The van der Waals surface area contributed by atoms with Gasteiger partial charge in [-0.3, -0.25) is 24.5 Å². The van der Waals surface area contributed by atoms with Gasteiger partial charge in [0.05, 0.1) is 16.5 Å². The summed E-state index contributed by atoms with van der Waals surface area (Å²) in [4.78, 5) is 38.7. The van der Waals surface area contributed by atoms with Crippen molar-refractivity contribution in [2.75, 3.05) is 0 Å². The van der Waals surface area contributed by atoms with Gasteiger partial charge >= 0.3 is 5.76 Å². The number of non-ortho nitro benzene ring substituents is 1. The number of nitrogens with zero attached hydrogens (tertiary/aromatic N) is 3. The summed E-state index contributed by atoms with van der Waals surface area (Å²) < 4.78 is 12.2. The number of nitro benzene ring substituents is 1. The number of oxazole rings is 1. The van der Waals surface area contributed by atoms with E-state index < -0.39 is 10.7 Å². The number of aryl methyl sites for hydroxylation is 1. The third-order valence-corrected chi connectivity index (χ3v) is 5.19. The summed E-state index contributed by atoms with van der Waals surface area (Å²) in [6.07, 6.45) is 4.10. The Morgan fingerprint density at radius 1 is 1.15 bits per heavy atom. The van der Waals surface area contributed by atoms with Gasteiger partial charge in [-0.2, -0.15) is 0 Å². The number of rotatable bonds is 10. The van der Waals surface area contributed by atoms with E-state index in [-0.39, 0.29) is 30.1 Å². The summed E-state index contributed by atoms with van der Waals surface area (Å²) in [5.74, 6) is -0.0304. The van der Waals surface area contributed by atoms with E-state index >= 15 is 0 Å². The van der Waals surface area contributed by atoms with Crippen LogP contribution in [0.5, 0.6) is 5.75 Å². The van der Waals surface area contributed by atoms with Crippen LogP contribution in [0.2, 0.25) is 0 Å².